The molecule has 82 valence electrons. The third kappa shape index (κ3) is 2.21. The first-order chi connectivity index (χ1) is 7.31. The molecular weight excluding hydrogens is 190 g/mol. The molecule has 0 bridgehead atoms. The van der Waals surface area contributed by atoms with Crippen molar-refractivity contribution in [2.24, 2.45) is 5.92 Å². The molecule has 0 aliphatic heterocycles. The van der Waals surface area contributed by atoms with E-state index in [1.54, 1.807) is 12.4 Å². The minimum absolute atomic E-state index is 0.253. The molecule has 4 N–H and O–H groups in total. The highest BCUT2D eigenvalue weighted by Crippen LogP contribution is 2.29. The summed E-state index contributed by atoms with van der Waals surface area (Å²) < 4.78 is 0. The second-order valence-electron chi connectivity index (χ2n) is 4.09. The average Bonchev–Trinajstić information content (AvgIpc) is 2.69. The van der Waals surface area contributed by atoms with Gasteiger partial charge < -0.3 is 16.2 Å². The Balaban J connectivity index is 2.05. The van der Waals surface area contributed by atoms with Gasteiger partial charge in [-0.05, 0) is 18.9 Å². The van der Waals surface area contributed by atoms with Gasteiger partial charge in [0.05, 0.1) is 17.6 Å². The number of pyridine rings is 1. The molecule has 1 saturated carbocycles. The molecule has 0 aromatic carbocycles. The van der Waals surface area contributed by atoms with Gasteiger partial charge in [-0.15, -0.1) is 0 Å². The predicted molar refractivity (Wildman–Crippen MR) is 60.5 cm³/mol. The van der Waals surface area contributed by atoms with Crippen molar-refractivity contribution in [1.29, 1.82) is 0 Å². The molecule has 0 amide bonds. The smallest absolute Gasteiger partial charge is 0.0736 e. The lowest BCUT2D eigenvalue weighted by Crippen LogP contribution is -2.26. The zero-order valence-corrected chi connectivity index (χ0v) is 8.69. The molecule has 0 saturated heterocycles. The molecule has 1 fully saturated rings. The molecule has 0 spiro atoms. The van der Waals surface area contributed by atoms with Gasteiger partial charge in [-0.2, -0.15) is 0 Å². The molecule has 1 aromatic heterocycles. The molecular formula is C11H17N3O. The standard InChI is InChI=1S/C11H17N3O/c12-9-6-13-5-4-11(9)14-10-3-1-2-8(10)7-15/h4-6,8,10,15H,1-3,7,12H2,(H,13,14). The van der Waals surface area contributed by atoms with E-state index in [1.807, 2.05) is 6.07 Å². The van der Waals surface area contributed by atoms with Crippen molar-refractivity contribution in [2.75, 3.05) is 17.7 Å². The summed E-state index contributed by atoms with van der Waals surface area (Å²) in [5.74, 6) is 0.359. The van der Waals surface area contributed by atoms with E-state index in [0.29, 0.717) is 17.6 Å². The van der Waals surface area contributed by atoms with E-state index in [-0.39, 0.29) is 6.61 Å². The normalized spacial score (nSPS) is 25.4. The van der Waals surface area contributed by atoms with Crippen LogP contribution in [-0.4, -0.2) is 22.7 Å². The monoisotopic (exact) mass is 207 g/mol. The summed E-state index contributed by atoms with van der Waals surface area (Å²) in [6, 6.07) is 2.22. The number of rotatable bonds is 3. The van der Waals surface area contributed by atoms with Gasteiger partial charge in [0, 0.05) is 24.8 Å². The zero-order chi connectivity index (χ0) is 10.7. The number of hydrogen-bond acceptors (Lipinski definition) is 4. The molecule has 2 unspecified atom stereocenters. The van der Waals surface area contributed by atoms with Gasteiger partial charge in [0.1, 0.15) is 0 Å². The Labute approximate surface area is 89.5 Å². The van der Waals surface area contributed by atoms with Crippen molar-refractivity contribution in [3.05, 3.63) is 18.5 Å². The maximum atomic E-state index is 9.20. The van der Waals surface area contributed by atoms with Crippen LogP contribution in [-0.2, 0) is 0 Å². The topological polar surface area (TPSA) is 71.2 Å². The number of anilines is 2. The lowest BCUT2D eigenvalue weighted by atomic mass is 10.0. The number of aliphatic hydroxyl groups is 1. The highest BCUT2D eigenvalue weighted by Gasteiger charge is 2.26. The summed E-state index contributed by atoms with van der Waals surface area (Å²) in [4.78, 5) is 3.94. The van der Waals surface area contributed by atoms with Crippen molar-refractivity contribution in [2.45, 2.75) is 25.3 Å². The van der Waals surface area contributed by atoms with Gasteiger partial charge in [0.15, 0.2) is 0 Å². The third-order valence-electron chi connectivity index (χ3n) is 3.09. The summed E-state index contributed by atoms with van der Waals surface area (Å²) in [7, 11) is 0. The van der Waals surface area contributed by atoms with E-state index in [1.165, 1.54) is 6.42 Å². The molecule has 1 aliphatic rings. The molecule has 4 heteroatoms. The Kier molecular flexibility index (Phi) is 3.06. The lowest BCUT2D eigenvalue weighted by molar-refractivity contribution is 0.222. The van der Waals surface area contributed by atoms with Crippen LogP contribution in [0.2, 0.25) is 0 Å². The van der Waals surface area contributed by atoms with Crippen LogP contribution >= 0.6 is 0 Å². The Morgan fingerprint density at radius 2 is 2.40 bits per heavy atom. The Morgan fingerprint density at radius 1 is 1.53 bits per heavy atom. The van der Waals surface area contributed by atoms with Crippen LogP contribution in [0.5, 0.6) is 0 Å². The second kappa shape index (κ2) is 4.49. The molecule has 0 radical (unpaired) electrons. The fourth-order valence-electron chi connectivity index (χ4n) is 2.18. The average molecular weight is 207 g/mol. The van der Waals surface area contributed by atoms with Gasteiger partial charge in [-0.1, -0.05) is 6.42 Å². The number of aliphatic hydroxyl groups excluding tert-OH is 1. The fourth-order valence-corrected chi connectivity index (χ4v) is 2.18. The van der Waals surface area contributed by atoms with E-state index in [0.717, 1.165) is 18.5 Å². The molecule has 1 aromatic rings. The van der Waals surface area contributed by atoms with Crippen molar-refractivity contribution < 1.29 is 5.11 Å². The van der Waals surface area contributed by atoms with Crippen molar-refractivity contribution in [3.8, 4) is 0 Å². The van der Waals surface area contributed by atoms with Gasteiger partial charge in [0.2, 0.25) is 0 Å². The number of aromatic nitrogens is 1. The zero-order valence-electron chi connectivity index (χ0n) is 8.69. The van der Waals surface area contributed by atoms with Crippen LogP contribution in [0.4, 0.5) is 11.4 Å². The van der Waals surface area contributed by atoms with E-state index >= 15 is 0 Å². The van der Waals surface area contributed by atoms with Crippen LogP contribution in [0.25, 0.3) is 0 Å². The quantitative estimate of drug-likeness (QED) is 0.697. The second-order valence-corrected chi connectivity index (χ2v) is 4.09. The predicted octanol–water partition coefficient (Wildman–Crippen LogP) is 1.24. The Morgan fingerprint density at radius 3 is 3.13 bits per heavy atom. The molecule has 4 nitrogen and oxygen atoms in total. The number of hydrogen-bond donors (Lipinski definition) is 3. The van der Waals surface area contributed by atoms with E-state index in [9.17, 15) is 5.11 Å². The van der Waals surface area contributed by atoms with E-state index in [4.69, 9.17) is 5.73 Å². The summed E-state index contributed by atoms with van der Waals surface area (Å²) >= 11 is 0. The van der Waals surface area contributed by atoms with Gasteiger partial charge in [-0.3, -0.25) is 4.98 Å². The van der Waals surface area contributed by atoms with Crippen LogP contribution in [0.1, 0.15) is 19.3 Å². The van der Waals surface area contributed by atoms with Crippen LogP contribution in [0.15, 0.2) is 18.5 Å². The molecule has 1 aliphatic carbocycles. The van der Waals surface area contributed by atoms with Gasteiger partial charge in [0.25, 0.3) is 0 Å². The van der Waals surface area contributed by atoms with Crippen molar-refractivity contribution in [1.82, 2.24) is 4.98 Å². The highest BCUT2D eigenvalue weighted by atomic mass is 16.3. The maximum Gasteiger partial charge on any atom is 0.0736 e. The summed E-state index contributed by atoms with van der Waals surface area (Å²) in [6.45, 7) is 0.253. The molecule has 2 atom stereocenters. The summed E-state index contributed by atoms with van der Waals surface area (Å²) in [6.07, 6.45) is 6.74. The minimum Gasteiger partial charge on any atom is -0.396 e. The Bertz CT molecular complexity index is 329. The van der Waals surface area contributed by atoms with E-state index in [2.05, 4.69) is 10.3 Å². The first kappa shape index (κ1) is 10.2. The fraction of sp³-hybridized carbons (Fsp3) is 0.545. The number of nitrogen functional groups attached to an aromatic ring is 1. The SMILES string of the molecule is Nc1cnccc1NC1CCCC1CO. The number of nitrogens with two attached hydrogens (primary N) is 1. The molecule has 1 heterocycles. The minimum atomic E-state index is 0.253. The first-order valence-corrected chi connectivity index (χ1v) is 5.38. The number of nitrogens with zero attached hydrogens (tertiary/aromatic N) is 1. The van der Waals surface area contributed by atoms with Crippen LogP contribution in [0, 0.1) is 5.92 Å². The summed E-state index contributed by atoms with van der Waals surface area (Å²) in [5, 5.41) is 12.6. The molecule has 2 rings (SSSR count). The molecule has 15 heavy (non-hydrogen) atoms. The third-order valence-corrected chi connectivity index (χ3v) is 3.09. The Hall–Kier alpha value is -1.29. The lowest BCUT2D eigenvalue weighted by Gasteiger charge is -2.20. The van der Waals surface area contributed by atoms with Crippen LogP contribution < -0.4 is 11.1 Å². The maximum absolute atomic E-state index is 9.20. The van der Waals surface area contributed by atoms with Crippen molar-refractivity contribution in [3.63, 3.8) is 0 Å². The summed E-state index contributed by atoms with van der Waals surface area (Å²) in [5.41, 5.74) is 7.39. The van der Waals surface area contributed by atoms with E-state index < -0.39 is 0 Å². The largest absolute Gasteiger partial charge is 0.396 e. The van der Waals surface area contributed by atoms with Crippen molar-refractivity contribution >= 4 is 11.4 Å². The highest BCUT2D eigenvalue weighted by molar-refractivity contribution is 5.64. The van der Waals surface area contributed by atoms with Gasteiger partial charge in [-0.25, -0.2) is 0 Å². The first-order valence-electron chi connectivity index (χ1n) is 5.38. The number of nitrogens with one attached hydrogen (secondary N) is 1. The van der Waals surface area contributed by atoms with Crippen LogP contribution in [0.3, 0.4) is 0 Å². The van der Waals surface area contributed by atoms with Gasteiger partial charge >= 0.3 is 0 Å².